The molecule has 0 aliphatic heterocycles. The van der Waals surface area contributed by atoms with E-state index in [-0.39, 0.29) is 11.3 Å². The van der Waals surface area contributed by atoms with Crippen molar-refractivity contribution in [3.05, 3.63) is 12.2 Å². The van der Waals surface area contributed by atoms with Gasteiger partial charge in [-0.1, -0.05) is 32.9 Å². The molecule has 0 saturated heterocycles. The van der Waals surface area contributed by atoms with Crippen molar-refractivity contribution in [2.75, 3.05) is 0 Å². The summed E-state index contributed by atoms with van der Waals surface area (Å²) in [6.45, 7) is 6.02. The van der Waals surface area contributed by atoms with Gasteiger partial charge in [0.2, 0.25) is 0 Å². The van der Waals surface area contributed by atoms with Crippen molar-refractivity contribution in [3.8, 4) is 0 Å². The van der Waals surface area contributed by atoms with Crippen LogP contribution >= 0.6 is 0 Å². The second-order valence-electron chi connectivity index (χ2n) is 4.60. The van der Waals surface area contributed by atoms with Crippen LogP contribution in [0.5, 0.6) is 0 Å². The quantitative estimate of drug-likeness (QED) is 0.547. The number of hydrogen-bond donors (Lipinski definition) is 0. The van der Waals surface area contributed by atoms with Crippen molar-refractivity contribution in [1.29, 1.82) is 0 Å². The molecule has 12 heavy (non-hydrogen) atoms. The maximum Gasteiger partial charge on any atom is 0.141 e. The second kappa shape index (κ2) is 3.42. The SMILES string of the molecule is CC(C)(C)C(=O)[C@@H]1CC=CCC1. The minimum absolute atomic E-state index is 0.157. The third-order valence-corrected chi connectivity index (χ3v) is 2.38. The zero-order valence-electron chi connectivity index (χ0n) is 8.26. The Kier molecular flexibility index (Phi) is 2.71. The van der Waals surface area contributed by atoms with E-state index in [1.54, 1.807) is 0 Å². The predicted molar refractivity (Wildman–Crippen MR) is 50.9 cm³/mol. The maximum absolute atomic E-state index is 11.8. The topological polar surface area (TPSA) is 17.1 Å². The summed E-state index contributed by atoms with van der Waals surface area (Å²) in [6, 6.07) is 0. The Morgan fingerprint density at radius 3 is 2.42 bits per heavy atom. The first-order valence-corrected chi connectivity index (χ1v) is 4.71. The lowest BCUT2D eigenvalue weighted by Gasteiger charge is -2.25. The summed E-state index contributed by atoms with van der Waals surface area (Å²) in [5.74, 6) is 0.710. The Bertz CT molecular complexity index is 196. The molecule has 1 atom stereocenters. The molecule has 1 aliphatic rings. The van der Waals surface area contributed by atoms with E-state index >= 15 is 0 Å². The molecule has 1 rings (SSSR count). The normalized spacial score (nSPS) is 24.1. The number of hydrogen-bond acceptors (Lipinski definition) is 1. The lowest BCUT2D eigenvalue weighted by atomic mass is 9.78. The Morgan fingerprint density at radius 1 is 1.33 bits per heavy atom. The van der Waals surface area contributed by atoms with Gasteiger partial charge >= 0.3 is 0 Å². The summed E-state index contributed by atoms with van der Waals surface area (Å²) in [4.78, 5) is 11.8. The highest BCUT2D eigenvalue weighted by Crippen LogP contribution is 2.27. The molecule has 1 heteroatoms. The first-order valence-electron chi connectivity index (χ1n) is 4.71. The summed E-state index contributed by atoms with van der Waals surface area (Å²) >= 11 is 0. The first kappa shape index (κ1) is 9.50. The van der Waals surface area contributed by atoms with Crippen LogP contribution in [0.25, 0.3) is 0 Å². The van der Waals surface area contributed by atoms with E-state index in [4.69, 9.17) is 0 Å². The van der Waals surface area contributed by atoms with Crippen LogP contribution in [-0.4, -0.2) is 5.78 Å². The first-order chi connectivity index (χ1) is 5.52. The van der Waals surface area contributed by atoms with Crippen LogP contribution < -0.4 is 0 Å². The Morgan fingerprint density at radius 2 is 2.00 bits per heavy atom. The van der Waals surface area contributed by atoms with Crippen LogP contribution in [0, 0.1) is 11.3 Å². The molecule has 0 radical (unpaired) electrons. The summed E-state index contributed by atoms with van der Waals surface area (Å²) in [5, 5.41) is 0. The standard InChI is InChI=1S/C11H18O/c1-11(2,3)10(12)9-7-5-4-6-8-9/h4-5,9H,6-8H2,1-3H3/t9-/m1/s1. The van der Waals surface area contributed by atoms with Gasteiger partial charge in [0.25, 0.3) is 0 Å². The fourth-order valence-electron chi connectivity index (χ4n) is 1.64. The van der Waals surface area contributed by atoms with Gasteiger partial charge in [-0.3, -0.25) is 4.79 Å². The third kappa shape index (κ3) is 2.20. The number of rotatable bonds is 1. The molecule has 0 fully saturated rings. The van der Waals surface area contributed by atoms with E-state index in [0.717, 1.165) is 19.3 Å². The van der Waals surface area contributed by atoms with Gasteiger partial charge in [0.1, 0.15) is 5.78 Å². The molecule has 0 aromatic carbocycles. The number of carbonyl (C=O) groups is 1. The molecule has 1 nitrogen and oxygen atoms in total. The molecule has 0 N–H and O–H groups in total. The van der Waals surface area contributed by atoms with Crippen LogP contribution in [0.2, 0.25) is 0 Å². The average molecular weight is 166 g/mol. The molecule has 0 aromatic rings. The van der Waals surface area contributed by atoms with E-state index in [1.807, 2.05) is 20.8 Å². The monoisotopic (exact) mass is 166 g/mol. The molecule has 0 saturated carbocycles. The largest absolute Gasteiger partial charge is 0.299 e. The molecule has 0 spiro atoms. The maximum atomic E-state index is 11.8. The minimum atomic E-state index is -0.157. The lowest BCUT2D eigenvalue weighted by Crippen LogP contribution is -2.28. The van der Waals surface area contributed by atoms with Gasteiger partial charge in [-0.15, -0.1) is 0 Å². The van der Waals surface area contributed by atoms with E-state index in [9.17, 15) is 4.79 Å². The van der Waals surface area contributed by atoms with Gasteiger partial charge in [-0.25, -0.2) is 0 Å². The summed E-state index contributed by atoms with van der Waals surface area (Å²) in [6.07, 6.45) is 7.39. The lowest BCUT2D eigenvalue weighted by molar-refractivity contribution is -0.130. The zero-order valence-corrected chi connectivity index (χ0v) is 8.26. The van der Waals surface area contributed by atoms with Crippen molar-refractivity contribution in [1.82, 2.24) is 0 Å². The highest BCUT2D eigenvalue weighted by molar-refractivity contribution is 5.86. The summed E-state index contributed by atoms with van der Waals surface area (Å²) < 4.78 is 0. The fraction of sp³-hybridized carbons (Fsp3) is 0.727. The van der Waals surface area contributed by atoms with Gasteiger partial charge in [-0.05, 0) is 19.3 Å². The highest BCUT2D eigenvalue weighted by atomic mass is 16.1. The van der Waals surface area contributed by atoms with E-state index in [0.29, 0.717) is 5.78 Å². The van der Waals surface area contributed by atoms with Crippen molar-refractivity contribution in [2.24, 2.45) is 11.3 Å². The number of ketones is 1. The fourth-order valence-corrected chi connectivity index (χ4v) is 1.64. The molecular weight excluding hydrogens is 148 g/mol. The Hall–Kier alpha value is -0.590. The number of Topliss-reactive ketones (excluding diaryl/α,β-unsaturated/α-hetero) is 1. The second-order valence-corrected chi connectivity index (χ2v) is 4.60. The molecular formula is C11H18O. The molecule has 0 aromatic heterocycles. The van der Waals surface area contributed by atoms with Crippen LogP contribution in [-0.2, 0) is 4.79 Å². The Labute approximate surface area is 74.9 Å². The van der Waals surface area contributed by atoms with Gasteiger partial charge in [0.15, 0.2) is 0 Å². The van der Waals surface area contributed by atoms with Crippen LogP contribution in [0.1, 0.15) is 40.0 Å². The molecule has 68 valence electrons. The highest BCUT2D eigenvalue weighted by Gasteiger charge is 2.28. The van der Waals surface area contributed by atoms with Gasteiger partial charge in [0, 0.05) is 11.3 Å². The molecule has 0 heterocycles. The van der Waals surface area contributed by atoms with Crippen molar-refractivity contribution in [2.45, 2.75) is 40.0 Å². The van der Waals surface area contributed by atoms with Crippen LogP contribution in [0.15, 0.2) is 12.2 Å². The summed E-state index contributed by atoms with van der Waals surface area (Å²) in [7, 11) is 0. The predicted octanol–water partition coefficient (Wildman–Crippen LogP) is 2.96. The van der Waals surface area contributed by atoms with E-state index < -0.39 is 0 Å². The van der Waals surface area contributed by atoms with Gasteiger partial charge in [-0.2, -0.15) is 0 Å². The van der Waals surface area contributed by atoms with E-state index in [2.05, 4.69) is 12.2 Å². The number of carbonyl (C=O) groups excluding carboxylic acids is 1. The van der Waals surface area contributed by atoms with Crippen molar-refractivity contribution in [3.63, 3.8) is 0 Å². The van der Waals surface area contributed by atoms with Crippen molar-refractivity contribution >= 4 is 5.78 Å². The smallest absolute Gasteiger partial charge is 0.141 e. The third-order valence-electron chi connectivity index (χ3n) is 2.38. The summed E-state index contributed by atoms with van der Waals surface area (Å²) in [5.41, 5.74) is -0.157. The van der Waals surface area contributed by atoms with Gasteiger partial charge in [0.05, 0.1) is 0 Å². The van der Waals surface area contributed by atoms with Crippen LogP contribution in [0.3, 0.4) is 0 Å². The van der Waals surface area contributed by atoms with Crippen LogP contribution in [0.4, 0.5) is 0 Å². The average Bonchev–Trinajstić information content (AvgIpc) is 2.03. The Balaban J connectivity index is 2.59. The minimum Gasteiger partial charge on any atom is -0.299 e. The molecule has 0 amide bonds. The van der Waals surface area contributed by atoms with E-state index in [1.165, 1.54) is 0 Å². The van der Waals surface area contributed by atoms with Gasteiger partial charge < -0.3 is 0 Å². The molecule has 0 bridgehead atoms. The van der Waals surface area contributed by atoms with Crippen molar-refractivity contribution < 1.29 is 4.79 Å². The zero-order chi connectivity index (χ0) is 9.19. The molecule has 1 aliphatic carbocycles. The number of allylic oxidation sites excluding steroid dienone is 2. The molecule has 0 unspecified atom stereocenters.